The van der Waals surface area contributed by atoms with Crippen LogP contribution in [0, 0.1) is 5.92 Å². The average Bonchev–Trinajstić information content (AvgIpc) is 3.21. The molecule has 0 spiro atoms. The highest BCUT2D eigenvalue weighted by Crippen LogP contribution is 2.30. The number of alkyl halides is 3. The first kappa shape index (κ1) is 19.5. The number of amides is 1. The Labute approximate surface area is 147 Å². The Morgan fingerprint density at radius 2 is 2.08 bits per heavy atom. The molecular formula is C16H20F3N3O2S. The van der Waals surface area contributed by atoms with Gasteiger partial charge in [-0.05, 0) is 31.0 Å². The lowest BCUT2D eigenvalue weighted by molar-refractivity contribution is -0.171. The SMILES string of the molecule is C[C@@H](CCCCCn1ccc(-c2ccc(C(=O)NO)s2)n1)C(F)(F)F. The van der Waals surface area contributed by atoms with Crippen molar-refractivity contribution < 1.29 is 23.2 Å². The molecule has 0 saturated carbocycles. The van der Waals surface area contributed by atoms with Gasteiger partial charge < -0.3 is 0 Å². The number of halogens is 3. The number of unbranched alkanes of at least 4 members (excludes halogenated alkanes) is 2. The maximum absolute atomic E-state index is 12.4. The number of carbonyl (C=O) groups is 1. The Kier molecular flexibility index (Phi) is 6.60. The summed E-state index contributed by atoms with van der Waals surface area (Å²) in [6, 6.07) is 5.17. The van der Waals surface area contributed by atoms with Gasteiger partial charge >= 0.3 is 6.18 Å². The number of nitrogens with one attached hydrogen (secondary N) is 1. The van der Waals surface area contributed by atoms with E-state index in [1.54, 1.807) is 28.5 Å². The van der Waals surface area contributed by atoms with E-state index in [2.05, 4.69) is 5.10 Å². The molecule has 2 aromatic rings. The molecular weight excluding hydrogens is 355 g/mol. The number of hydroxylamine groups is 1. The monoisotopic (exact) mass is 375 g/mol. The fourth-order valence-electron chi connectivity index (χ4n) is 2.34. The lowest BCUT2D eigenvalue weighted by Crippen LogP contribution is -2.19. The van der Waals surface area contributed by atoms with E-state index < -0.39 is 18.0 Å². The van der Waals surface area contributed by atoms with Crippen molar-refractivity contribution >= 4 is 17.2 Å². The van der Waals surface area contributed by atoms with Crippen LogP contribution in [0.15, 0.2) is 24.4 Å². The molecule has 0 radical (unpaired) electrons. The molecule has 2 rings (SSSR count). The predicted molar refractivity (Wildman–Crippen MR) is 88.5 cm³/mol. The fourth-order valence-corrected chi connectivity index (χ4v) is 3.20. The molecule has 25 heavy (non-hydrogen) atoms. The van der Waals surface area contributed by atoms with Crippen molar-refractivity contribution in [2.75, 3.05) is 0 Å². The topological polar surface area (TPSA) is 67.2 Å². The number of aryl methyl sites for hydroxylation is 1. The molecule has 0 fully saturated rings. The molecule has 0 aliphatic carbocycles. The summed E-state index contributed by atoms with van der Waals surface area (Å²) in [6.45, 7) is 1.85. The first-order valence-corrected chi connectivity index (χ1v) is 8.77. The highest BCUT2D eigenvalue weighted by molar-refractivity contribution is 7.17. The van der Waals surface area contributed by atoms with Crippen molar-refractivity contribution in [3.63, 3.8) is 0 Å². The zero-order valence-electron chi connectivity index (χ0n) is 13.7. The molecule has 0 bridgehead atoms. The summed E-state index contributed by atoms with van der Waals surface area (Å²) in [7, 11) is 0. The van der Waals surface area contributed by atoms with Crippen LogP contribution in [0.1, 0.15) is 42.3 Å². The Morgan fingerprint density at radius 1 is 1.32 bits per heavy atom. The maximum atomic E-state index is 12.4. The largest absolute Gasteiger partial charge is 0.391 e. The van der Waals surface area contributed by atoms with Gasteiger partial charge in [-0.2, -0.15) is 18.3 Å². The van der Waals surface area contributed by atoms with E-state index in [-0.39, 0.29) is 6.42 Å². The highest BCUT2D eigenvalue weighted by Gasteiger charge is 2.34. The van der Waals surface area contributed by atoms with E-state index in [4.69, 9.17) is 5.21 Å². The van der Waals surface area contributed by atoms with Crippen LogP contribution in [-0.4, -0.2) is 27.1 Å². The molecule has 9 heteroatoms. The summed E-state index contributed by atoms with van der Waals surface area (Å²) in [6.07, 6.45) is -0.135. The zero-order valence-corrected chi connectivity index (χ0v) is 14.5. The van der Waals surface area contributed by atoms with Gasteiger partial charge in [-0.1, -0.05) is 19.8 Å². The maximum Gasteiger partial charge on any atom is 0.391 e. The second-order valence-corrected chi connectivity index (χ2v) is 6.94. The van der Waals surface area contributed by atoms with Gasteiger partial charge in [-0.3, -0.25) is 14.7 Å². The van der Waals surface area contributed by atoms with Crippen molar-refractivity contribution in [3.05, 3.63) is 29.3 Å². The molecule has 0 unspecified atom stereocenters. The van der Waals surface area contributed by atoms with Gasteiger partial charge in [-0.25, -0.2) is 5.48 Å². The van der Waals surface area contributed by atoms with Crippen LogP contribution in [0.5, 0.6) is 0 Å². The third-order valence-corrected chi connectivity index (χ3v) is 5.01. The zero-order chi connectivity index (χ0) is 18.4. The quantitative estimate of drug-likeness (QED) is 0.406. The van der Waals surface area contributed by atoms with Crippen LogP contribution in [0.25, 0.3) is 10.6 Å². The van der Waals surface area contributed by atoms with Gasteiger partial charge in [0.15, 0.2) is 0 Å². The van der Waals surface area contributed by atoms with E-state index in [1.165, 1.54) is 18.3 Å². The van der Waals surface area contributed by atoms with Crippen LogP contribution >= 0.6 is 11.3 Å². The van der Waals surface area contributed by atoms with Crippen LogP contribution in [0.4, 0.5) is 13.2 Å². The summed E-state index contributed by atoms with van der Waals surface area (Å²) in [5.74, 6) is -1.82. The summed E-state index contributed by atoms with van der Waals surface area (Å²) in [4.78, 5) is 12.5. The lowest BCUT2D eigenvalue weighted by Gasteiger charge is -2.14. The van der Waals surface area contributed by atoms with E-state index in [9.17, 15) is 18.0 Å². The highest BCUT2D eigenvalue weighted by atomic mass is 32.1. The second kappa shape index (κ2) is 8.48. The van der Waals surface area contributed by atoms with Crippen LogP contribution < -0.4 is 5.48 Å². The Balaban J connectivity index is 1.78. The third kappa shape index (κ3) is 5.57. The van der Waals surface area contributed by atoms with Crippen molar-refractivity contribution in [2.24, 2.45) is 5.92 Å². The average molecular weight is 375 g/mol. The van der Waals surface area contributed by atoms with Gasteiger partial charge in [0, 0.05) is 12.7 Å². The second-order valence-electron chi connectivity index (χ2n) is 5.86. The Morgan fingerprint density at radius 3 is 2.76 bits per heavy atom. The number of hydrogen-bond donors (Lipinski definition) is 2. The van der Waals surface area contributed by atoms with Crippen molar-refractivity contribution in [1.29, 1.82) is 0 Å². The molecule has 0 saturated heterocycles. The Bertz CT molecular complexity index is 697. The van der Waals surface area contributed by atoms with Gasteiger partial charge in [-0.15, -0.1) is 11.3 Å². The van der Waals surface area contributed by atoms with Gasteiger partial charge in [0.2, 0.25) is 0 Å². The van der Waals surface area contributed by atoms with Crippen LogP contribution in [0.3, 0.4) is 0 Å². The first-order valence-electron chi connectivity index (χ1n) is 7.96. The van der Waals surface area contributed by atoms with Gasteiger partial charge in [0.25, 0.3) is 5.91 Å². The summed E-state index contributed by atoms with van der Waals surface area (Å²) in [5, 5.41) is 13.0. The number of carbonyl (C=O) groups excluding carboxylic acids is 1. The minimum Gasteiger partial charge on any atom is -0.288 e. The molecule has 1 atom stereocenters. The number of hydrogen-bond acceptors (Lipinski definition) is 4. The van der Waals surface area contributed by atoms with Crippen molar-refractivity contribution in [2.45, 2.75) is 45.3 Å². The number of rotatable bonds is 8. The lowest BCUT2D eigenvalue weighted by atomic mass is 10.0. The van der Waals surface area contributed by atoms with E-state index in [1.807, 2.05) is 6.07 Å². The van der Waals surface area contributed by atoms with Crippen molar-refractivity contribution in [1.82, 2.24) is 15.3 Å². The fraction of sp³-hybridized carbons (Fsp3) is 0.500. The first-order chi connectivity index (χ1) is 11.8. The number of aromatic nitrogens is 2. The number of nitrogens with zero attached hydrogens (tertiary/aromatic N) is 2. The molecule has 138 valence electrons. The molecule has 5 nitrogen and oxygen atoms in total. The minimum absolute atomic E-state index is 0.152. The normalized spacial score (nSPS) is 13.0. The molecule has 1 amide bonds. The van der Waals surface area contributed by atoms with E-state index in [0.29, 0.717) is 23.5 Å². The van der Waals surface area contributed by atoms with Gasteiger partial charge in [0.1, 0.15) is 5.69 Å². The minimum atomic E-state index is -4.11. The summed E-state index contributed by atoms with van der Waals surface area (Å²) in [5.41, 5.74) is 2.30. The molecule has 2 N–H and O–H groups in total. The van der Waals surface area contributed by atoms with Gasteiger partial charge in [0.05, 0.1) is 15.7 Å². The van der Waals surface area contributed by atoms with Crippen LogP contribution in [-0.2, 0) is 6.54 Å². The third-order valence-electron chi connectivity index (χ3n) is 3.91. The summed E-state index contributed by atoms with van der Waals surface area (Å²) < 4.78 is 39.0. The van der Waals surface area contributed by atoms with E-state index >= 15 is 0 Å². The molecule has 0 aliphatic rings. The van der Waals surface area contributed by atoms with Crippen LogP contribution in [0.2, 0.25) is 0 Å². The molecule has 2 heterocycles. The predicted octanol–water partition coefficient (Wildman–Crippen LogP) is 4.49. The molecule has 0 aliphatic heterocycles. The van der Waals surface area contributed by atoms with E-state index in [0.717, 1.165) is 17.7 Å². The standard InChI is InChI=1S/C16H20F3N3O2S/c1-11(16(17,18)19)5-3-2-4-9-22-10-8-12(20-22)13-6-7-14(25-13)15(23)21-24/h6-8,10-11,24H,2-5,9H2,1H3,(H,21,23)/t11-/m0/s1. The van der Waals surface area contributed by atoms with Crippen molar-refractivity contribution in [3.8, 4) is 10.6 Å². The summed E-state index contributed by atoms with van der Waals surface area (Å²) >= 11 is 1.22. The number of thiophene rings is 1. The molecule has 2 aromatic heterocycles. The smallest absolute Gasteiger partial charge is 0.288 e. The Hall–Kier alpha value is -1.87. The molecule has 0 aromatic carbocycles.